The molecule has 0 radical (unpaired) electrons. The number of hydrogen-bond acceptors (Lipinski definition) is 4. The van der Waals surface area contributed by atoms with Crippen LogP contribution in [0.4, 0.5) is 4.39 Å². The molecule has 2 aromatic rings. The van der Waals surface area contributed by atoms with Crippen molar-refractivity contribution in [2.45, 2.75) is 12.0 Å². The number of rotatable bonds is 4. The van der Waals surface area contributed by atoms with Gasteiger partial charge in [-0.25, -0.2) is 9.37 Å². The lowest BCUT2D eigenvalue weighted by molar-refractivity contribution is -0.123. The minimum absolute atomic E-state index is 0.192. The molecule has 0 bridgehead atoms. The number of hydrogen-bond donors (Lipinski definition) is 1. The predicted molar refractivity (Wildman–Crippen MR) is 85.0 cm³/mol. The Kier molecular flexibility index (Phi) is 4.64. The van der Waals surface area contributed by atoms with Gasteiger partial charge in [-0.15, -0.1) is 0 Å². The molecular formula is C17H20FN3O3. The topological polar surface area (TPSA) is 67.6 Å². The molecule has 2 heterocycles. The van der Waals surface area contributed by atoms with Gasteiger partial charge in [0.25, 0.3) is 5.91 Å². The number of aromatic nitrogens is 2. The Hall–Kier alpha value is -2.25. The van der Waals surface area contributed by atoms with Crippen LogP contribution < -0.4 is 0 Å². The fourth-order valence-electron chi connectivity index (χ4n) is 2.96. The number of nitrogens with zero attached hydrogens (tertiary/aromatic N) is 3. The molecule has 1 aliphatic heterocycles. The van der Waals surface area contributed by atoms with Crippen molar-refractivity contribution in [2.24, 2.45) is 7.05 Å². The van der Waals surface area contributed by atoms with Gasteiger partial charge in [-0.3, -0.25) is 4.79 Å². The van der Waals surface area contributed by atoms with Crippen molar-refractivity contribution >= 4 is 5.91 Å². The lowest BCUT2D eigenvalue weighted by Gasteiger charge is -2.41. The first-order chi connectivity index (χ1) is 11.5. The van der Waals surface area contributed by atoms with E-state index in [9.17, 15) is 14.3 Å². The maximum atomic E-state index is 13.1. The van der Waals surface area contributed by atoms with E-state index in [-0.39, 0.29) is 24.9 Å². The van der Waals surface area contributed by atoms with Crippen molar-refractivity contribution in [3.63, 3.8) is 0 Å². The van der Waals surface area contributed by atoms with Gasteiger partial charge in [-0.05, 0) is 17.7 Å². The number of ether oxygens (including phenoxy) is 1. The largest absolute Gasteiger partial charge is 0.393 e. The summed E-state index contributed by atoms with van der Waals surface area (Å²) in [5.41, 5.74) is -0.0478. The zero-order valence-corrected chi connectivity index (χ0v) is 13.5. The standard InChI is InChI=1S/C17H20FN3O3/c1-20-7-6-19-15(20)16(23)21-8-9-24-17(11-21,12-22)10-13-2-4-14(18)5-3-13/h2-7,22H,8-12H2,1H3/t17-/m1/s1. The Labute approximate surface area is 139 Å². The SMILES string of the molecule is Cn1ccnc1C(=O)N1CCO[C@](CO)(Cc2ccc(F)cc2)C1. The highest BCUT2D eigenvalue weighted by Crippen LogP contribution is 2.24. The van der Waals surface area contributed by atoms with E-state index in [0.717, 1.165) is 5.56 Å². The summed E-state index contributed by atoms with van der Waals surface area (Å²) in [5, 5.41) is 9.88. The first kappa shape index (κ1) is 16.6. The van der Waals surface area contributed by atoms with Gasteiger partial charge in [0.05, 0.1) is 19.8 Å². The summed E-state index contributed by atoms with van der Waals surface area (Å²) in [5.74, 6) is -0.152. The zero-order valence-electron chi connectivity index (χ0n) is 13.5. The highest BCUT2D eigenvalue weighted by molar-refractivity contribution is 5.91. The molecule has 1 fully saturated rings. The Balaban J connectivity index is 1.77. The summed E-state index contributed by atoms with van der Waals surface area (Å²) in [6.07, 6.45) is 3.69. The maximum Gasteiger partial charge on any atom is 0.290 e. The van der Waals surface area contributed by atoms with Crippen molar-refractivity contribution in [3.8, 4) is 0 Å². The third-order valence-electron chi connectivity index (χ3n) is 4.28. The van der Waals surface area contributed by atoms with Gasteiger partial charge in [0, 0.05) is 32.4 Å². The van der Waals surface area contributed by atoms with Crippen LogP contribution in [0, 0.1) is 5.82 Å². The van der Waals surface area contributed by atoms with Crippen LogP contribution in [0.3, 0.4) is 0 Å². The van der Waals surface area contributed by atoms with Gasteiger partial charge in [0.15, 0.2) is 5.82 Å². The Morgan fingerprint density at radius 1 is 1.42 bits per heavy atom. The molecule has 6 nitrogen and oxygen atoms in total. The molecule has 0 spiro atoms. The number of morpholine rings is 1. The minimum Gasteiger partial charge on any atom is -0.393 e. The van der Waals surface area contributed by atoms with Crippen LogP contribution in [0.2, 0.25) is 0 Å². The number of halogens is 1. The second-order valence-corrected chi connectivity index (χ2v) is 6.08. The van der Waals surface area contributed by atoms with E-state index in [2.05, 4.69) is 4.98 Å². The van der Waals surface area contributed by atoms with Crippen molar-refractivity contribution in [3.05, 3.63) is 53.9 Å². The fourth-order valence-corrected chi connectivity index (χ4v) is 2.96. The van der Waals surface area contributed by atoms with Gasteiger partial charge < -0.3 is 19.3 Å². The van der Waals surface area contributed by atoms with Crippen LogP contribution in [0.1, 0.15) is 16.2 Å². The van der Waals surface area contributed by atoms with Crippen molar-refractivity contribution in [2.75, 3.05) is 26.3 Å². The number of aryl methyl sites for hydroxylation is 1. The lowest BCUT2D eigenvalue weighted by Crippen LogP contribution is -2.57. The monoisotopic (exact) mass is 333 g/mol. The first-order valence-corrected chi connectivity index (χ1v) is 7.79. The third-order valence-corrected chi connectivity index (χ3v) is 4.28. The Morgan fingerprint density at radius 3 is 2.79 bits per heavy atom. The average molecular weight is 333 g/mol. The van der Waals surface area contributed by atoms with E-state index >= 15 is 0 Å². The van der Waals surface area contributed by atoms with E-state index < -0.39 is 5.60 Å². The number of aliphatic hydroxyl groups is 1. The van der Waals surface area contributed by atoms with Crippen LogP contribution in [0.25, 0.3) is 0 Å². The molecule has 1 aromatic carbocycles. The Morgan fingerprint density at radius 2 is 2.17 bits per heavy atom. The van der Waals surface area contributed by atoms with Crippen LogP contribution in [-0.4, -0.2) is 57.4 Å². The minimum atomic E-state index is -0.892. The first-order valence-electron chi connectivity index (χ1n) is 7.79. The maximum absolute atomic E-state index is 13.1. The van der Waals surface area contributed by atoms with Crippen LogP contribution in [0.5, 0.6) is 0 Å². The molecule has 0 unspecified atom stereocenters. The fraction of sp³-hybridized carbons (Fsp3) is 0.412. The highest BCUT2D eigenvalue weighted by atomic mass is 19.1. The van der Waals surface area contributed by atoms with Gasteiger partial charge >= 0.3 is 0 Å². The normalized spacial score (nSPS) is 21.0. The molecular weight excluding hydrogens is 313 g/mol. The van der Waals surface area contributed by atoms with Gasteiger partial charge in [-0.1, -0.05) is 12.1 Å². The molecule has 1 N–H and O–H groups in total. The molecule has 0 aliphatic carbocycles. The molecule has 24 heavy (non-hydrogen) atoms. The smallest absolute Gasteiger partial charge is 0.290 e. The van der Waals surface area contributed by atoms with Crippen molar-refractivity contribution in [1.29, 1.82) is 0 Å². The average Bonchev–Trinajstić information content (AvgIpc) is 3.02. The van der Waals surface area contributed by atoms with Gasteiger partial charge in [-0.2, -0.15) is 0 Å². The lowest BCUT2D eigenvalue weighted by atomic mass is 9.93. The highest BCUT2D eigenvalue weighted by Gasteiger charge is 2.39. The molecule has 3 rings (SSSR count). The van der Waals surface area contributed by atoms with Gasteiger partial charge in [0.1, 0.15) is 11.4 Å². The van der Waals surface area contributed by atoms with E-state index in [1.165, 1.54) is 12.1 Å². The molecule has 1 amide bonds. The molecule has 0 saturated carbocycles. The molecule has 128 valence electrons. The second-order valence-electron chi connectivity index (χ2n) is 6.08. The van der Waals surface area contributed by atoms with Crippen LogP contribution in [-0.2, 0) is 18.2 Å². The summed E-state index contributed by atoms with van der Waals surface area (Å²) in [4.78, 5) is 18.4. The number of aliphatic hydroxyl groups excluding tert-OH is 1. The van der Waals surface area contributed by atoms with Crippen LogP contribution in [0.15, 0.2) is 36.7 Å². The second kappa shape index (κ2) is 6.70. The van der Waals surface area contributed by atoms with E-state index in [0.29, 0.717) is 25.4 Å². The van der Waals surface area contributed by atoms with Crippen molar-refractivity contribution < 1.29 is 19.0 Å². The van der Waals surface area contributed by atoms with E-state index in [4.69, 9.17) is 4.74 Å². The number of benzene rings is 1. The van der Waals surface area contributed by atoms with E-state index in [1.807, 2.05) is 0 Å². The van der Waals surface area contributed by atoms with Gasteiger partial charge in [0.2, 0.25) is 0 Å². The molecule has 1 atom stereocenters. The van der Waals surface area contributed by atoms with E-state index in [1.54, 1.807) is 41.0 Å². The molecule has 1 saturated heterocycles. The summed E-state index contributed by atoms with van der Waals surface area (Å²) < 4.78 is 20.5. The summed E-state index contributed by atoms with van der Waals surface area (Å²) in [7, 11) is 1.76. The number of carbonyl (C=O) groups excluding carboxylic acids is 1. The number of carbonyl (C=O) groups is 1. The molecule has 7 heteroatoms. The van der Waals surface area contributed by atoms with Crippen molar-refractivity contribution in [1.82, 2.24) is 14.5 Å². The number of amides is 1. The molecule has 1 aliphatic rings. The summed E-state index contributed by atoms with van der Waals surface area (Å²) >= 11 is 0. The zero-order chi connectivity index (χ0) is 17.2. The van der Waals surface area contributed by atoms with Crippen LogP contribution >= 0.6 is 0 Å². The summed E-state index contributed by atoms with van der Waals surface area (Å²) in [6, 6.07) is 6.07. The number of imidazole rings is 1. The quantitative estimate of drug-likeness (QED) is 0.907. The third kappa shape index (κ3) is 3.32. The summed E-state index contributed by atoms with van der Waals surface area (Å²) in [6.45, 7) is 0.802. The molecule has 1 aromatic heterocycles. The predicted octanol–water partition coefficient (Wildman–Crippen LogP) is 1.01. The Bertz CT molecular complexity index is 716.